The Morgan fingerprint density at radius 3 is 2.69 bits per heavy atom. The highest BCUT2D eigenvalue weighted by Gasteiger charge is 2.32. The van der Waals surface area contributed by atoms with Crippen molar-refractivity contribution in [2.45, 2.75) is 31.1 Å². The van der Waals surface area contributed by atoms with Crippen LogP contribution in [-0.2, 0) is 22.9 Å². The van der Waals surface area contributed by atoms with Gasteiger partial charge in [-0.15, -0.1) is 0 Å². The van der Waals surface area contributed by atoms with Gasteiger partial charge in [-0.3, -0.25) is 0 Å². The molecule has 3 aromatic rings. The molecule has 1 fully saturated rings. The van der Waals surface area contributed by atoms with E-state index in [0.29, 0.717) is 37.5 Å². The Bertz CT molecular complexity index is 1200. The maximum Gasteiger partial charge on any atom is 0.254 e. The van der Waals surface area contributed by atoms with Gasteiger partial charge in [0.2, 0.25) is 10.0 Å². The molecular formula is C19H21FN6O2S. The summed E-state index contributed by atoms with van der Waals surface area (Å²) in [4.78, 5) is 11.0. The summed E-state index contributed by atoms with van der Waals surface area (Å²) in [6.07, 6.45) is 4.41. The van der Waals surface area contributed by atoms with Gasteiger partial charge >= 0.3 is 0 Å². The number of piperazine rings is 1. The smallest absolute Gasteiger partial charge is 0.254 e. The molecule has 2 aliphatic rings. The van der Waals surface area contributed by atoms with Crippen molar-refractivity contribution in [2.75, 3.05) is 31.1 Å². The van der Waals surface area contributed by atoms with Crippen molar-refractivity contribution >= 4 is 21.6 Å². The molecule has 5 rings (SSSR count). The number of hydrogen-bond donors (Lipinski definition) is 0. The fourth-order valence-electron chi connectivity index (χ4n) is 4.26. The van der Waals surface area contributed by atoms with Gasteiger partial charge in [0.05, 0.1) is 10.6 Å². The molecule has 1 aromatic carbocycles. The zero-order valence-electron chi connectivity index (χ0n) is 16.0. The van der Waals surface area contributed by atoms with Gasteiger partial charge in [-0.05, 0) is 43.9 Å². The zero-order valence-corrected chi connectivity index (χ0v) is 16.9. The van der Waals surface area contributed by atoms with Crippen molar-refractivity contribution in [2.24, 2.45) is 0 Å². The third kappa shape index (κ3) is 2.98. The van der Waals surface area contributed by atoms with Crippen LogP contribution in [0.3, 0.4) is 0 Å². The normalized spacial score (nSPS) is 17.8. The second-order valence-electron chi connectivity index (χ2n) is 7.49. The number of fused-ring (bicyclic) bond motifs is 2. The fraction of sp³-hybridized carbons (Fsp3) is 0.421. The molecule has 1 aliphatic carbocycles. The molecule has 0 bridgehead atoms. The van der Waals surface area contributed by atoms with Crippen LogP contribution >= 0.6 is 0 Å². The van der Waals surface area contributed by atoms with Crippen LogP contribution < -0.4 is 4.90 Å². The molecule has 0 N–H and O–H groups in total. The van der Waals surface area contributed by atoms with Gasteiger partial charge in [0.15, 0.2) is 0 Å². The Labute approximate surface area is 168 Å². The van der Waals surface area contributed by atoms with Gasteiger partial charge in [-0.2, -0.15) is 18.9 Å². The number of aromatic nitrogens is 4. The Morgan fingerprint density at radius 2 is 1.90 bits per heavy atom. The average Bonchev–Trinajstić information content (AvgIpc) is 3.37. The molecule has 0 saturated carbocycles. The van der Waals surface area contributed by atoms with Crippen molar-refractivity contribution in [1.82, 2.24) is 23.9 Å². The minimum Gasteiger partial charge on any atom is -0.354 e. The van der Waals surface area contributed by atoms with Gasteiger partial charge < -0.3 is 4.90 Å². The first kappa shape index (κ1) is 18.4. The van der Waals surface area contributed by atoms with E-state index in [1.54, 1.807) is 11.4 Å². The number of rotatable bonds is 3. The molecule has 10 heteroatoms. The highest BCUT2D eigenvalue weighted by atomic mass is 32.2. The van der Waals surface area contributed by atoms with Crippen molar-refractivity contribution in [1.29, 1.82) is 0 Å². The van der Waals surface area contributed by atoms with E-state index in [1.165, 1.54) is 28.3 Å². The van der Waals surface area contributed by atoms with E-state index in [2.05, 4.69) is 20.0 Å². The summed E-state index contributed by atoms with van der Waals surface area (Å²) in [5, 5.41) is 4.34. The lowest BCUT2D eigenvalue weighted by molar-refractivity contribution is 0.382. The number of nitrogens with zero attached hydrogens (tertiary/aromatic N) is 6. The number of aryl methyl sites for hydroxylation is 2. The predicted molar refractivity (Wildman–Crippen MR) is 105 cm³/mol. The van der Waals surface area contributed by atoms with Crippen LogP contribution in [0.25, 0.3) is 5.78 Å². The first-order valence-corrected chi connectivity index (χ1v) is 11.1. The fourth-order valence-corrected chi connectivity index (χ4v) is 5.92. The summed E-state index contributed by atoms with van der Waals surface area (Å²) < 4.78 is 43.0. The molecule has 1 aliphatic heterocycles. The van der Waals surface area contributed by atoms with Crippen LogP contribution in [0.2, 0.25) is 0 Å². The third-order valence-electron chi connectivity index (χ3n) is 5.73. The Morgan fingerprint density at radius 1 is 1.10 bits per heavy atom. The molecule has 0 spiro atoms. The number of benzene rings is 1. The molecular weight excluding hydrogens is 395 g/mol. The summed E-state index contributed by atoms with van der Waals surface area (Å²) in [6.45, 7) is 3.39. The van der Waals surface area contributed by atoms with Crippen LogP contribution in [0.5, 0.6) is 0 Å². The van der Waals surface area contributed by atoms with Crippen molar-refractivity contribution in [3.8, 4) is 0 Å². The van der Waals surface area contributed by atoms with E-state index in [9.17, 15) is 12.8 Å². The van der Waals surface area contributed by atoms with Gasteiger partial charge in [-0.1, -0.05) is 6.07 Å². The van der Waals surface area contributed by atoms with Gasteiger partial charge in [0.1, 0.15) is 18.0 Å². The highest BCUT2D eigenvalue weighted by Crippen LogP contribution is 2.32. The first-order chi connectivity index (χ1) is 13.9. The largest absolute Gasteiger partial charge is 0.354 e. The lowest BCUT2D eigenvalue weighted by Crippen LogP contribution is -2.49. The highest BCUT2D eigenvalue weighted by molar-refractivity contribution is 7.89. The molecule has 0 unspecified atom stereocenters. The van der Waals surface area contributed by atoms with E-state index >= 15 is 0 Å². The maximum absolute atomic E-state index is 13.7. The molecule has 2 aromatic heterocycles. The van der Waals surface area contributed by atoms with Crippen LogP contribution in [0.1, 0.15) is 23.2 Å². The van der Waals surface area contributed by atoms with Crippen LogP contribution in [0, 0.1) is 12.7 Å². The van der Waals surface area contributed by atoms with Gasteiger partial charge in [0, 0.05) is 31.7 Å². The zero-order chi connectivity index (χ0) is 20.2. The van der Waals surface area contributed by atoms with Gasteiger partial charge in [-0.25, -0.2) is 17.8 Å². The molecule has 29 heavy (non-hydrogen) atoms. The monoisotopic (exact) mass is 416 g/mol. The predicted octanol–water partition coefficient (Wildman–Crippen LogP) is 1.57. The van der Waals surface area contributed by atoms with E-state index in [1.807, 2.05) is 0 Å². The van der Waals surface area contributed by atoms with Crippen molar-refractivity contribution in [3.63, 3.8) is 0 Å². The molecule has 152 valence electrons. The van der Waals surface area contributed by atoms with Crippen molar-refractivity contribution < 1.29 is 12.8 Å². The minimum absolute atomic E-state index is 0.0365. The van der Waals surface area contributed by atoms with Crippen LogP contribution in [0.4, 0.5) is 10.2 Å². The lowest BCUT2D eigenvalue weighted by Gasteiger charge is -2.36. The second kappa shape index (κ2) is 6.74. The SMILES string of the molecule is Cc1ccc(F)cc1S(=O)(=O)N1CCN(c2c3c(nc4ncnn24)CCC3)CC1. The van der Waals surface area contributed by atoms with E-state index in [-0.39, 0.29) is 4.90 Å². The molecule has 0 radical (unpaired) electrons. The number of sulfonamides is 1. The molecule has 0 atom stereocenters. The summed E-state index contributed by atoms with van der Waals surface area (Å²) >= 11 is 0. The van der Waals surface area contributed by atoms with Crippen LogP contribution in [0.15, 0.2) is 29.4 Å². The van der Waals surface area contributed by atoms with Crippen LogP contribution in [-0.4, -0.2) is 58.5 Å². The summed E-state index contributed by atoms with van der Waals surface area (Å²) in [5.41, 5.74) is 2.79. The standard InChI is InChI=1S/C19H21FN6O2S/c1-13-5-6-14(20)11-17(13)29(27,28)25-9-7-24(8-10-25)18-15-3-2-4-16(15)23-19-21-12-22-26(18)19/h5-6,11-12H,2-4,7-10H2,1H3. The summed E-state index contributed by atoms with van der Waals surface area (Å²) in [5.74, 6) is 0.999. The Hall–Kier alpha value is -2.59. The number of hydrogen-bond acceptors (Lipinski definition) is 6. The topological polar surface area (TPSA) is 83.7 Å². The minimum atomic E-state index is -3.74. The van der Waals surface area contributed by atoms with Gasteiger partial charge in [0.25, 0.3) is 5.78 Å². The number of halogens is 1. The van der Waals surface area contributed by atoms with E-state index < -0.39 is 15.8 Å². The summed E-state index contributed by atoms with van der Waals surface area (Å²) in [6, 6.07) is 3.88. The van der Waals surface area contributed by atoms with E-state index in [4.69, 9.17) is 0 Å². The first-order valence-electron chi connectivity index (χ1n) is 9.68. The molecule has 8 nitrogen and oxygen atoms in total. The van der Waals surface area contributed by atoms with Crippen molar-refractivity contribution in [3.05, 3.63) is 47.2 Å². The van der Waals surface area contributed by atoms with E-state index in [0.717, 1.165) is 36.8 Å². The maximum atomic E-state index is 13.7. The molecule has 1 saturated heterocycles. The Kier molecular flexibility index (Phi) is 4.28. The molecule has 3 heterocycles. The second-order valence-corrected chi connectivity index (χ2v) is 9.39. The number of anilines is 1. The molecule has 0 amide bonds. The Balaban J connectivity index is 1.44. The summed E-state index contributed by atoms with van der Waals surface area (Å²) in [7, 11) is -3.74. The average molecular weight is 416 g/mol. The third-order valence-corrected chi connectivity index (χ3v) is 7.77. The lowest BCUT2D eigenvalue weighted by atomic mass is 10.2. The quantitative estimate of drug-likeness (QED) is 0.645.